The number of ether oxygens (including phenoxy) is 4. The molecule has 6 nitrogen and oxygen atoms in total. The van der Waals surface area contributed by atoms with Crippen molar-refractivity contribution in [2.45, 2.75) is 19.9 Å². The number of fused-ring (bicyclic) bond motifs is 1. The maximum absolute atomic E-state index is 11.7. The van der Waals surface area contributed by atoms with E-state index in [1.807, 2.05) is 13.0 Å². The number of hydrogen-bond donors (Lipinski definition) is 1. The minimum Gasteiger partial charge on any atom is -0.496 e. The standard InChI is InChI=1S/C15H21NO5/c1-3-19-5-4-15(17)16-10-11-8-13-14(9-12(11)18-2)21-7-6-20-13/h8-9H,3-7,10H2,1-2H3,(H,16,17). The van der Waals surface area contributed by atoms with Crippen molar-refractivity contribution in [1.82, 2.24) is 5.32 Å². The molecule has 0 unspecified atom stereocenters. The first-order valence-corrected chi connectivity index (χ1v) is 7.05. The van der Waals surface area contributed by atoms with E-state index in [0.717, 1.165) is 5.56 Å². The van der Waals surface area contributed by atoms with Crippen LogP contribution in [0.5, 0.6) is 17.2 Å². The maximum atomic E-state index is 11.7. The molecule has 0 fully saturated rings. The van der Waals surface area contributed by atoms with Gasteiger partial charge in [0.2, 0.25) is 5.91 Å². The topological polar surface area (TPSA) is 66.0 Å². The van der Waals surface area contributed by atoms with Gasteiger partial charge < -0.3 is 24.3 Å². The van der Waals surface area contributed by atoms with Crippen molar-refractivity contribution in [3.63, 3.8) is 0 Å². The lowest BCUT2D eigenvalue weighted by molar-refractivity contribution is -0.122. The summed E-state index contributed by atoms with van der Waals surface area (Å²) < 4.78 is 21.5. The average Bonchev–Trinajstić information content (AvgIpc) is 2.52. The predicted octanol–water partition coefficient (Wildman–Crippen LogP) is 1.51. The molecule has 1 N–H and O–H groups in total. The van der Waals surface area contributed by atoms with Crippen LogP contribution in [0.3, 0.4) is 0 Å². The Morgan fingerprint density at radius 1 is 1.29 bits per heavy atom. The van der Waals surface area contributed by atoms with Gasteiger partial charge in [-0.15, -0.1) is 0 Å². The van der Waals surface area contributed by atoms with Crippen LogP contribution in [0.25, 0.3) is 0 Å². The Bertz CT molecular complexity index is 489. The number of carbonyl (C=O) groups excluding carboxylic acids is 1. The van der Waals surface area contributed by atoms with Gasteiger partial charge in [-0.1, -0.05) is 0 Å². The van der Waals surface area contributed by atoms with Crippen molar-refractivity contribution in [3.05, 3.63) is 17.7 Å². The van der Waals surface area contributed by atoms with Gasteiger partial charge in [0, 0.05) is 31.2 Å². The van der Waals surface area contributed by atoms with E-state index in [1.54, 1.807) is 13.2 Å². The average molecular weight is 295 g/mol. The number of carbonyl (C=O) groups is 1. The van der Waals surface area contributed by atoms with Crippen LogP contribution in [-0.4, -0.2) is 39.4 Å². The van der Waals surface area contributed by atoms with Crippen molar-refractivity contribution in [1.29, 1.82) is 0 Å². The highest BCUT2D eigenvalue weighted by atomic mass is 16.6. The molecule has 1 aromatic rings. The smallest absolute Gasteiger partial charge is 0.222 e. The zero-order valence-corrected chi connectivity index (χ0v) is 12.4. The zero-order valence-electron chi connectivity index (χ0n) is 12.4. The molecule has 1 aromatic carbocycles. The van der Waals surface area contributed by atoms with Gasteiger partial charge in [0.05, 0.1) is 13.7 Å². The third kappa shape index (κ3) is 4.26. The summed E-state index contributed by atoms with van der Waals surface area (Å²) in [7, 11) is 1.59. The highest BCUT2D eigenvalue weighted by Crippen LogP contribution is 2.36. The van der Waals surface area contributed by atoms with Crippen LogP contribution in [-0.2, 0) is 16.1 Å². The lowest BCUT2D eigenvalue weighted by Gasteiger charge is -2.20. The Kier molecular flexibility index (Phi) is 5.68. The fourth-order valence-electron chi connectivity index (χ4n) is 2.03. The molecule has 1 heterocycles. The summed E-state index contributed by atoms with van der Waals surface area (Å²) in [6, 6.07) is 3.63. The van der Waals surface area contributed by atoms with Crippen LogP contribution in [0.2, 0.25) is 0 Å². The summed E-state index contributed by atoms with van der Waals surface area (Å²) in [6.07, 6.45) is 0.348. The summed E-state index contributed by atoms with van der Waals surface area (Å²) in [4.78, 5) is 11.7. The van der Waals surface area contributed by atoms with Gasteiger partial charge in [0.15, 0.2) is 11.5 Å². The molecule has 1 amide bonds. The summed E-state index contributed by atoms with van der Waals surface area (Å²) in [5.74, 6) is 1.97. The minimum absolute atomic E-state index is 0.0552. The number of hydrogen-bond acceptors (Lipinski definition) is 5. The minimum atomic E-state index is -0.0552. The normalized spacial score (nSPS) is 12.9. The molecule has 0 saturated carbocycles. The van der Waals surface area contributed by atoms with E-state index in [-0.39, 0.29) is 5.91 Å². The predicted molar refractivity (Wildman–Crippen MR) is 76.9 cm³/mol. The second kappa shape index (κ2) is 7.73. The first kappa shape index (κ1) is 15.4. The summed E-state index contributed by atoms with van der Waals surface area (Å²) >= 11 is 0. The number of amides is 1. The Labute approximate surface area is 124 Å². The van der Waals surface area contributed by atoms with Crippen molar-refractivity contribution < 1.29 is 23.7 Å². The molecule has 1 aliphatic heterocycles. The first-order chi connectivity index (χ1) is 10.2. The van der Waals surface area contributed by atoms with Gasteiger partial charge in [-0.05, 0) is 13.0 Å². The van der Waals surface area contributed by atoms with Crippen molar-refractivity contribution >= 4 is 5.91 Å². The number of nitrogens with one attached hydrogen (secondary N) is 1. The molecule has 0 spiro atoms. The highest BCUT2D eigenvalue weighted by Gasteiger charge is 2.16. The number of methoxy groups -OCH3 is 1. The van der Waals surface area contributed by atoms with Crippen LogP contribution >= 0.6 is 0 Å². The molecule has 0 bridgehead atoms. The van der Waals surface area contributed by atoms with Gasteiger partial charge in [-0.25, -0.2) is 0 Å². The van der Waals surface area contributed by atoms with E-state index in [4.69, 9.17) is 18.9 Å². The molecule has 1 aliphatic rings. The van der Waals surface area contributed by atoms with Gasteiger partial charge >= 0.3 is 0 Å². The van der Waals surface area contributed by atoms with Crippen molar-refractivity contribution in [2.75, 3.05) is 33.5 Å². The van der Waals surface area contributed by atoms with Gasteiger partial charge in [0.1, 0.15) is 19.0 Å². The molecular formula is C15H21NO5. The monoisotopic (exact) mass is 295 g/mol. The summed E-state index contributed by atoms with van der Waals surface area (Å²) in [5, 5.41) is 2.84. The van der Waals surface area contributed by atoms with E-state index in [1.165, 1.54) is 0 Å². The summed E-state index contributed by atoms with van der Waals surface area (Å²) in [5.41, 5.74) is 0.853. The molecule has 21 heavy (non-hydrogen) atoms. The lowest BCUT2D eigenvalue weighted by atomic mass is 10.1. The molecule has 0 aliphatic carbocycles. The van der Waals surface area contributed by atoms with E-state index in [9.17, 15) is 4.79 Å². The van der Waals surface area contributed by atoms with Crippen LogP contribution in [0.1, 0.15) is 18.9 Å². The SMILES string of the molecule is CCOCCC(=O)NCc1cc2c(cc1OC)OCCO2. The maximum Gasteiger partial charge on any atom is 0.222 e. The van der Waals surface area contributed by atoms with Gasteiger partial charge in [-0.2, -0.15) is 0 Å². The van der Waals surface area contributed by atoms with E-state index in [0.29, 0.717) is 56.6 Å². The largest absolute Gasteiger partial charge is 0.496 e. The molecular weight excluding hydrogens is 274 g/mol. The van der Waals surface area contributed by atoms with Crippen LogP contribution < -0.4 is 19.5 Å². The number of benzene rings is 1. The van der Waals surface area contributed by atoms with Gasteiger partial charge in [-0.3, -0.25) is 4.79 Å². The third-order valence-corrected chi connectivity index (χ3v) is 3.10. The highest BCUT2D eigenvalue weighted by molar-refractivity contribution is 5.76. The second-order valence-corrected chi connectivity index (χ2v) is 4.53. The van der Waals surface area contributed by atoms with Crippen molar-refractivity contribution in [3.8, 4) is 17.2 Å². The first-order valence-electron chi connectivity index (χ1n) is 7.05. The Morgan fingerprint density at radius 3 is 2.67 bits per heavy atom. The Morgan fingerprint density at radius 2 is 2.00 bits per heavy atom. The van der Waals surface area contributed by atoms with E-state index < -0.39 is 0 Å². The third-order valence-electron chi connectivity index (χ3n) is 3.10. The molecule has 2 rings (SSSR count). The van der Waals surface area contributed by atoms with E-state index >= 15 is 0 Å². The van der Waals surface area contributed by atoms with Crippen LogP contribution in [0.4, 0.5) is 0 Å². The molecule has 0 radical (unpaired) electrons. The fraction of sp³-hybridized carbons (Fsp3) is 0.533. The fourth-order valence-corrected chi connectivity index (χ4v) is 2.03. The molecule has 0 saturated heterocycles. The molecule has 0 atom stereocenters. The quantitative estimate of drug-likeness (QED) is 0.772. The molecule has 0 aromatic heterocycles. The second-order valence-electron chi connectivity index (χ2n) is 4.53. The zero-order chi connectivity index (χ0) is 15.1. The van der Waals surface area contributed by atoms with Gasteiger partial charge in [0.25, 0.3) is 0 Å². The van der Waals surface area contributed by atoms with Crippen LogP contribution in [0, 0.1) is 0 Å². The lowest BCUT2D eigenvalue weighted by Crippen LogP contribution is -2.24. The van der Waals surface area contributed by atoms with Crippen LogP contribution in [0.15, 0.2) is 12.1 Å². The molecule has 6 heteroatoms. The Balaban J connectivity index is 1.97. The molecule has 116 valence electrons. The van der Waals surface area contributed by atoms with E-state index in [2.05, 4.69) is 5.32 Å². The summed E-state index contributed by atoms with van der Waals surface area (Å²) in [6.45, 7) is 4.38. The van der Waals surface area contributed by atoms with Crippen molar-refractivity contribution in [2.24, 2.45) is 0 Å². The number of rotatable bonds is 7. The Hall–Kier alpha value is -1.95.